The topological polar surface area (TPSA) is 110 Å². The Morgan fingerprint density at radius 1 is 1.03 bits per heavy atom. The van der Waals surface area contributed by atoms with Gasteiger partial charge in [-0.2, -0.15) is 5.10 Å². The van der Waals surface area contributed by atoms with Crippen LogP contribution in [0.2, 0.25) is 0 Å². The Labute approximate surface area is 203 Å². The second-order valence-electron chi connectivity index (χ2n) is 8.45. The maximum absolute atomic E-state index is 13.4. The Hall–Kier alpha value is -3.65. The van der Waals surface area contributed by atoms with Crippen LogP contribution in [0.1, 0.15) is 36.4 Å². The maximum Gasteiger partial charge on any atom is 0.253 e. The number of benzene rings is 2. The van der Waals surface area contributed by atoms with Crippen LogP contribution in [0.4, 0.5) is 11.6 Å². The number of rotatable bonds is 5. The van der Waals surface area contributed by atoms with Crippen molar-refractivity contribution in [3.63, 3.8) is 0 Å². The summed E-state index contributed by atoms with van der Waals surface area (Å²) in [6, 6.07) is 21.8. The number of hydrogen-bond acceptors (Lipinski definition) is 7. The van der Waals surface area contributed by atoms with Gasteiger partial charge in [-0.05, 0) is 42.0 Å². The van der Waals surface area contributed by atoms with Gasteiger partial charge >= 0.3 is 0 Å². The summed E-state index contributed by atoms with van der Waals surface area (Å²) >= 11 is 1.22. The van der Waals surface area contributed by atoms with E-state index in [2.05, 4.69) is 40.3 Å². The zero-order valence-corrected chi connectivity index (χ0v) is 19.5. The standard InChI is InChI=1S/C26H26N6OS/c27-21-15-22(28)30-26(29-21)34-16-23(33)32-25(18-10-5-2-6-11-18)20-13-7-12-19(24(20)31-32)14-17-8-3-1-4-9-17/h1-6,8-11,14-15,20,25H,7,12-13,16H2,(H4,27,28,29,30)/b19-14-/t20-,25-/m0/s1. The molecule has 2 aromatic carbocycles. The molecule has 2 atom stereocenters. The molecule has 5 rings (SSSR count). The second-order valence-corrected chi connectivity index (χ2v) is 9.39. The molecule has 0 unspecified atom stereocenters. The number of aromatic nitrogens is 2. The maximum atomic E-state index is 13.4. The normalized spacial score (nSPS) is 20.8. The van der Waals surface area contributed by atoms with E-state index in [1.807, 2.05) is 36.4 Å². The van der Waals surface area contributed by atoms with E-state index in [1.54, 1.807) is 5.01 Å². The molecule has 8 heteroatoms. The number of fused-ring (bicyclic) bond motifs is 1. The fourth-order valence-electron chi connectivity index (χ4n) is 4.66. The molecule has 1 aromatic heterocycles. The van der Waals surface area contributed by atoms with E-state index in [-0.39, 0.29) is 35.3 Å². The number of amides is 1. The molecule has 0 bridgehead atoms. The lowest BCUT2D eigenvalue weighted by molar-refractivity contribution is -0.130. The highest BCUT2D eigenvalue weighted by Crippen LogP contribution is 2.44. The number of nitrogens with two attached hydrogens (primary N) is 2. The Balaban J connectivity index is 1.45. The summed E-state index contributed by atoms with van der Waals surface area (Å²) in [5, 5.41) is 6.98. The lowest BCUT2D eigenvalue weighted by atomic mass is 9.77. The predicted molar refractivity (Wildman–Crippen MR) is 137 cm³/mol. The van der Waals surface area contributed by atoms with Crippen LogP contribution in [0.15, 0.2) is 82.6 Å². The van der Waals surface area contributed by atoms with Gasteiger partial charge in [-0.15, -0.1) is 0 Å². The first-order valence-corrected chi connectivity index (χ1v) is 12.3. The molecule has 7 nitrogen and oxygen atoms in total. The summed E-state index contributed by atoms with van der Waals surface area (Å²) in [6.07, 6.45) is 5.23. The summed E-state index contributed by atoms with van der Waals surface area (Å²) < 4.78 is 0. The van der Waals surface area contributed by atoms with Crippen molar-refractivity contribution in [2.45, 2.75) is 30.5 Å². The first-order valence-electron chi connectivity index (χ1n) is 11.3. The molecule has 1 amide bonds. The first kappa shape index (κ1) is 22.2. The summed E-state index contributed by atoms with van der Waals surface area (Å²) in [6.45, 7) is 0. The molecule has 3 aromatic rings. The molecule has 1 fully saturated rings. The van der Waals surface area contributed by atoms with Crippen LogP contribution in [0.25, 0.3) is 6.08 Å². The average molecular weight is 471 g/mol. The third kappa shape index (κ3) is 4.68. The van der Waals surface area contributed by atoms with Crippen LogP contribution in [-0.2, 0) is 4.79 Å². The van der Waals surface area contributed by atoms with Gasteiger partial charge in [0.05, 0.1) is 17.5 Å². The molecular weight excluding hydrogens is 444 g/mol. The number of carbonyl (C=O) groups is 1. The number of hydrogen-bond donors (Lipinski definition) is 2. The van der Waals surface area contributed by atoms with Gasteiger partial charge in [0, 0.05) is 12.0 Å². The number of thioether (sulfide) groups is 1. The largest absolute Gasteiger partial charge is 0.383 e. The van der Waals surface area contributed by atoms with Crippen molar-refractivity contribution < 1.29 is 4.79 Å². The molecule has 0 saturated heterocycles. The Bertz CT molecular complexity index is 1220. The number of hydrazone groups is 1. The number of carbonyl (C=O) groups excluding carboxylic acids is 1. The minimum atomic E-state index is -0.129. The fraction of sp³-hybridized carbons (Fsp3) is 0.231. The van der Waals surface area contributed by atoms with E-state index in [0.29, 0.717) is 5.16 Å². The van der Waals surface area contributed by atoms with Crippen LogP contribution in [0, 0.1) is 5.92 Å². The van der Waals surface area contributed by atoms with Gasteiger partial charge < -0.3 is 11.5 Å². The predicted octanol–water partition coefficient (Wildman–Crippen LogP) is 4.56. The van der Waals surface area contributed by atoms with Gasteiger partial charge in [0.15, 0.2) is 5.16 Å². The van der Waals surface area contributed by atoms with Crippen molar-refractivity contribution in [2.75, 3.05) is 17.2 Å². The summed E-state index contributed by atoms with van der Waals surface area (Å²) in [7, 11) is 0. The molecule has 34 heavy (non-hydrogen) atoms. The van der Waals surface area contributed by atoms with Gasteiger partial charge in [0.25, 0.3) is 5.91 Å². The van der Waals surface area contributed by atoms with Crippen molar-refractivity contribution in [3.8, 4) is 0 Å². The summed E-state index contributed by atoms with van der Waals surface area (Å²) in [4.78, 5) is 21.8. The van der Waals surface area contributed by atoms with Crippen molar-refractivity contribution in [2.24, 2.45) is 11.0 Å². The summed E-state index contributed by atoms with van der Waals surface area (Å²) in [5.41, 5.74) is 16.0. The van der Waals surface area contributed by atoms with Crippen LogP contribution in [0.5, 0.6) is 0 Å². The van der Waals surface area contributed by atoms with Crippen molar-refractivity contribution in [1.29, 1.82) is 0 Å². The molecular formula is C26H26N6OS. The van der Waals surface area contributed by atoms with Crippen molar-refractivity contribution in [3.05, 3.63) is 83.4 Å². The molecule has 1 saturated carbocycles. The van der Waals surface area contributed by atoms with Gasteiger partial charge in [-0.3, -0.25) is 4.79 Å². The Morgan fingerprint density at radius 3 is 2.41 bits per heavy atom. The summed E-state index contributed by atoms with van der Waals surface area (Å²) in [5.74, 6) is 0.789. The highest BCUT2D eigenvalue weighted by molar-refractivity contribution is 7.99. The SMILES string of the molecule is Nc1cc(N)nc(SCC(=O)N2N=C3/C(=C\c4ccccc4)CCC[C@@H]3[C@@H]2c2ccccc2)n1. The molecule has 172 valence electrons. The average Bonchev–Trinajstić information content (AvgIpc) is 3.24. The molecule has 2 heterocycles. The fourth-order valence-corrected chi connectivity index (χ4v) is 5.38. The van der Waals surface area contributed by atoms with Gasteiger partial charge in [-0.25, -0.2) is 15.0 Å². The van der Waals surface area contributed by atoms with E-state index in [0.717, 1.165) is 36.1 Å². The molecule has 4 N–H and O–H groups in total. The van der Waals surface area contributed by atoms with Crippen LogP contribution < -0.4 is 11.5 Å². The lowest BCUT2D eigenvalue weighted by Crippen LogP contribution is -2.32. The highest BCUT2D eigenvalue weighted by atomic mass is 32.2. The van der Waals surface area contributed by atoms with Crippen LogP contribution >= 0.6 is 11.8 Å². The third-order valence-electron chi connectivity index (χ3n) is 6.11. The van der Waals surface area contributed by atoms with E-state index in [4.69, 9.17) is 16.6 Å². The molecule has 1 aliphatic heterocycles. The molecule has 2 aliphatic rings. The zero-order valence-electron chi connectivity index (χ0n) is 18.7. The quantitative estimate of drug-likeness (QED) is 0.418. The molecule has 0 spiro atoms. The number of nitrogens with zero attached hydrogens (tertiary/aromatic N) is 4. The van der Waals surface area contributed by atoms with Crippen LogP contribution in [-0.4, -0.2) is 32.3 Å². The minimum Gasteiger partial charge on any atom is -0.383 e. The van der Waals surface area contributed by atoms with E-state index >= 15 is 0 Å². The molecule has 1 aliphatic carbocycles. The smallest absolute Gasteiger partial charge is 0.253 e. The highest BCUT2D eigenvalue weighted by Gasteiger charge is 2.43. The van der Waals surface area contributed by atoms with Crippen molar-refractivity contribution in [1.82, 2.24) is 15.0 Å². The van der Waals surface area contributed by atoms with E-state index in [1.165, 1.54) is 23.4 Å². The third-order valence-corrected chi connectivity index (χ3v) is 6.94. The van der Waals surface area contributed by atoms with E-state index in [9.17, 15) is 4.79 Å². The minimum absolute atomic E-state index is 0.0931. The van der Waals surface area contributed by atoms with Gasteiger partial charge in [-0.1, -0.05) is 72.4 Å². The van der Waals surface area contributed by atoms with Gasteiger partial charge in [0.2, 0.25) is 0 Å². The van der Waals surface area contributed by atoms with E-state index < -0.39 is 0 Å². The molecule has 0 radical (unpaired) electrons. The second kappa shape index (κ2) is 9.69. The van der Waals surface area contributed by atoms with Gasteiger partial charge in [0.1, 0.15) is 11.6 Å². The Kier molecular flexibility index (Phi) is 6.31. The lowest BCUT2D eigenvalue weighted by Gasteiger charge is -2.29. The van der Waals surface area contributed by atoms with Crippen molar-refractivity contribution >= 4 is 41.1 Å². The Morgan fingerprint density at radius 2 is 1.71 bits per heavy atom. The van der Waals surface area contributed by atoms with Crippen LogP contribution in [0.3, 0.4) is 0 Å². The number of anilines is 2. The number of allylic oxidation sites excluding steroid dienone is 1. The first-order chi connectivity index (χ1) is 16.6. The zero-order chi connectivity index (χ0) is 23.5. The number of nitrogen functional groups attached to an aromatic ring is 2. The monoisotopic (exact) mass is 470 g/mol.